The molecule has 0 saturated carbocycles. The zero-order chi connectivity index (χ0) is 20.7. The number of ether oxygens (including phenoxy) is 3. The molecule has 0 aromatic heterocycles. The van der Waals surface area contributed by atoms with Crippen LogP contribution in [0.15, 0.2) is 36.4 Å². The van der Waals surface area contributed by atoms with Gasteiger partial charge in [-0.15, -0.1) is 0 Å². The number of esters is 3. The number of phenols is 1. The third kappa shape index (κ3) is 6.42. The summed E-state index contributed by atoms with van der Waals surface area (Å²) in [6, 6.07) is 9.59. The molecule has 0 radical (unpaired) electrons. The summed E-state index contributed by atoms with van der Waals surface area (Å²) in [7, 11) is 0. The Kier molecular flexibility index (Phi) is 7.14. The molecule has 0 saturated heterocycles. The molecular formula is C21H22O7. The number of carbonyl (C=O) groups excluding carboxylic acids is 3. The highest BCUT2D eigenvalue weighted by atomic mass is 16.5. The van der Waals surface area contributed by atoms with Crippen molar-refractivity contribution in [3.8, 4) is 23.0 Å². The Morgan fingerprint density at radius 1 is 0.750 bits per heavy atom. The molecule has 2 aromatic carbocycles. The zero-order valence-electron chi connectivity index (χ0n) is 16.0. The fraction of sp³-hybridized carbons (Fsp3) is 0.286. The lowest BCUT2D eigenvalue weighted by Crippen LogP contribution is -2.06. The predicted octanol–water partition coefficient (Wildman–Crippen LogP) is 3.34. The van der Waals surface area contributed by atoms with Gasteiger partial charge < -0.3 is 19.3 Å². The monoisotopic (exact) mass is 386 g/mol. The molecular weight excluding hydrogens is 364 g/mol. The number of aromatic hydroxyl groups is 1. The topological polar surface area (TPSA) is 99.1 Å². The first-order valence-corrected chi connectivity index (χ1v) is 8.74. The van der Waals surface area contributed by atoms with Gasteiger partial charge in [0.05, 0.1) is 0 Å². The lowest BCUT2D eigenvalue weighted by atomic mass is 10.0. The van der Waals surface area contributed by atoms with Crippen molar-refractivity contribution in [2.75, 3.05) is 0 Å². The van der Waals surface area contributed by atoms with Crippen LogP contribution in [0.3, 0.4) is 0 Å². The zero-order valence-corrected chi connectivity index (χ0v) is 16.0. The molecule has 0 aliphatic rings. The van der Waals surface area contributed by atoms with Crippen LogP contribution in [0.2, 0.25) is 0 Å². The van der Waals surface area contributed by atoms with Crippen molar-refractivity contribution in [3.05, 3.63) is 47.5 Å². The van der Waals surface area contributed by atoms with Gasteiger partial charge in [0.15, 0.2) is 0 Å². The minimum atomic E-state index is -0.472. The average Bonchev–Trinajstić information content (AvgIpc) is 2.57. The van der Waals surface area contributed by atoms with Gasteiger partial charge >= 0.3 is 17.9 Å². The van der Waals surface area contributed by atoms with Crippen LogP contribution in [0.4, 0.5) is 0 Å². The largest absolute Gasteiger partial charge is 0.508 e. The third-order valence-corrected chi connectivity index (χ3v) is 3.76. The number of phenolic OH excluding ortho intramolecular Hbond substituents is 1. The van der Waals surface area contributed by atoms with Gasteiger partial charge in [0.2, 0.25) is 0 Å². The van der Waals surface area contributed by atoms with Crippen LogP contribution in [0.5, 0.6) is 23.0 Å². The number of hydrogen-bond acceptors (Lipinski definition) is 7. The van der Waals surface area contributed by atoms with Gasteiger partial charge in [-0.25, -0.2) is 0 Å². The van der Waals surface area contributed by atoms with Crippen molar-refractivity contribution in [1.29, 1.82) is 0 Å². The molecule has 0 atom stereocenters. The number of benzene rings is 2. The van der Waals surface area contributed by atoms with Gasteiger partial charge in [0.25, 0.3) is 0 Å². The molecule has 0 bridgehead atoms. The van der Waals surface area contributed by atoms with E-state index in [1.807, 2.05) is 0 Å². The van der Waals surface area contributed by atoms with Gasteiger partial charge in [-0.1, -0.05) is 12.1 Å². The fourth-order valence-corrected chi connectivity index (χ4v) is 2.67. The molecule has 2 rings (SSSR count). The van der Waals surface area contributed by atoms with Gasteiger partial charge in [0.1, 0.15) is 23.0 Å². The summed E-state index contributed by atoms with van der Waals surface area (Å²) in [4.78, 5) is 33.4. The molecule has 0 fully saturated rings. The highest BCUT2D eigenvalue weighted by molar-refractivity contribution is 5.72. The maximum absolute atomic E-state index is 11.3. The predicted molar refractivity (Wildman–Crippen MR) is 101 cm³/mol. The van der Waals surface area contributed by atoms with Crippen LogP contribution < -0.4 is 14.2 Å². The highest BCUT2D eigenvalue weighted by Crippen LogP contribution is 2.29. The Morgan fingerprint density at radius 3 is 1.79 bits per heavy atom. The van der Waals surface area contributed by atoms with Crippen LogP contribution in [0.1, 0.15) is 38.3 Å². The summed E-state index contributed by atoms with van der Waals surface area (Å²) in [5.74, 6) is -0.431. The second kappa shape index (κ2) is 9.55. The molecule has 1 N–H and O–H groups in total. The maximum atomic E-state index is 11.3. The van der Waals surface area contributed by atoms with E-state index in [0.717, 1.165) is 5.56 Å². The quantitative estimate of drug-likeness (QED) is 0.575. The second-order valence-corrected chi connectivity index (χ2v) is 6.19. The maximum Gasteiger partial charge on any atom is 0.308 e. The smallest absolute Gasteiger partial charge is 0.308 e. The Labute approximate surface area is 162 Å². The van der Waals surface area contributed by atoms with Gasteiger partial charge in [-0.2, -0.15) is 0 Å². The summed E-state index contributed by atoms with van der Waals surface area (Å²) in [6.45, 7) is 3.88. The number of hydrogen-bond donors (Lipinski definition) is 1. The summed E-state index contributed by atoms with van der Waals surface area (Å²) in [6.07, 6.45) is 1.81. The number of aryl methyl sites for hydroxylation is 2. The molecule has 2 aromatic rings. The third-order valence-electron chi connectivity index (χ3n) is 3.76. The van der Waals surface area contributed by atoms with Gasteiger partial charge in [-0.05, 0) is 42.5 Å². The molecule has 0 amide bonds. The van der Waals surface area contributed by atoms with Crippen molar-refractivity contribution in [2.24, 2.45) is 0 Å². The number of carbonyl (C=O) groups is 3. The molecule has 0 heterocycles. The summed E-state index contributed by atoms with van der Waals surface area (Å²) in [5, 5.41) is 10.1. The van der Waals surface area contributed by atoms with E-state index in [2.05, 4.69) is 0 Å². The minimum Gasteiger partial charge on any atom is -0.508 e. The molecule has 0 unspecified atom stereocenters. The molecule has 148 valence electrons. The van der Waals surface area contributed by atoms with E-state index in [0.29, 0.717) is 36.3 Å². The van der Waals surface area contributed by atoms with Crippen LogP contribution in [-0.4, -0.2) is 23.0 Å². The van der Waals surface area contributed by atoms with E-state index in [-0.39, 0.29) is 11.5 Å². The molecule has 7 nitrogen and oxygen atoms in total. The van der Waals surface area contributed by atoms with E-state index < -0.39 is 17.9 Å². The number of rotatable bonds is 7. The summed E-state index contributed by atoms with van der Waals surface area (Å²) >= 11 is 0. The Hall–Kier alpha value is -3.35. The standard InChI is InChI=1S/C21H22O7/c1-13(22)26-18-9-7-16(20(25)11-18)5-4-6-17-8-10-19(27-14(2)23)12-21(17)28-15(3)24/h7-12,25H,4-6H2,1-3H3. The van der Waals surface area contributed by atoms with E-state index in [4.69, 9.17) is 14.2 Å². The Balaban J connectivity index is 2.06. The van der Waals surface area contributed by atoms with Crippen LogP contribution in [-0.2, 0) is 27.2 Å². The van der Waals surface area contributed by atoms with Crippen molar-refractivity contribution in [1.82, 2.24) is 0 Å². The van der Waals surface area contributed by atoms with E-state index in [1.54, 1.807) is 24.3 Å². The first-order valence-electron chi connectivity index (χ1n) is 8.74. The average molecular weight is 386 g/mol. The van der Waals surface area contributed by atoms with Crippen LogP contribution in [0, 0.1) is 0 Å². The lowest BCUT2D eigenvalue weighted by molar-refractivity contribution is -0.133. The van der Waals surface area contributed by atoms with E-state index in [1.165, 1.54) is 32.9 Å². The SMILES string of the molecule is CC(=O)Oc1ccc(CCCc2ccc(OC(C)=O)cc2OC(C)=O)c(O)c1. The van der Waals surface area contributed by atoms with Crippen LogP contribution in [0.25, 0.3) is 0 Å². The Bertz CT molecular complexity index is 886. The first kappa shape index (κ1) is 21.0. The van der Waals surface area contributed by atoms with Crippen LogP contribution >= 0.6 is 0 Å². The minimum absolute atomic E-state index is 0.0455. The fourth-order valence-electron chi connectivity index (χ4n) is 2.67. The van der Waals surface area contributed by atoms with Crippen molar-refractivity contribution < 1.29 is 33.7 Å². The Morgan fingerprint density at radius 2 is 1.25 bits per heavy atom. The van der Waals surface area contributed by atoms with Crippen molar-refractivity contribution in [3.63, 3.8) is 0 Å². The summed E-state index contributed by atoms with van der Waals surface area (Å²) in [5.41, 5.74) is 1.49. The van der Waals surface area contributed by atoms with Crippen molar-refractivity contribution in [2.45, 2.75) is 40.0 Å². The van der Waals surface area contributed by atoms with E-state index in [9.17, 15) is 19.5 Å². The highest BCUT2D eigenvalue weighted by Gasteiger charge is 2.11. The first-order chi connectivity index (χ1) is 13.2. The molecule has 0 aliphatic carbocycles. The van der Waals surface area contributed by atoms with Gasteiger partial charge in [-0.3, -0.25) is 14.4 Å². The lowest BCUT2D eigenvalue weighted by Gasteiger charge is -2.12. The molecule has 0 spiro atoms. The normalized spacial score (nSPS) is 10.2. The summed E-state index contributed by atoms with van der Waals surface area (Å²) < 4.78 is 15.2. The van der Waals surface area contributed by atoms with Gasteiger partial charge in [0, 0.05) is 32.9 Å². The molecule has 7 heteroatoms. The van der Waals surface area contributed by atoms with Crippen molar-refractivity contribution >= 4 is 17.9 Å². The molecule has 28 heavy (non-hydrogen) atoms. The second-order valence-electron chi connectivity index (χ2n) is 6.19. The van der Waals surface area contributed by atoms with E-state index >= 15 is 0 Å². The molecule has 0 aliphatic heterocycles.